The lowest BCUT2D eigenvalue weighted by Gasteiger charge is -2.38. The number of para-hydroxylation sites is 1. The van der Waals surface area contributed by atoms with Gasteiger partial charge in [0.25, 0.3) is 11.7 Å². The number of rotatable bonds is 16. The second-order valence-corrected chi connectivity index (χ2v) is 18.7. The zero-order valence-electron chi connectivity index (χ0n) is 41.9. The number of nitrogens with one attached hydrogen (secondary N) is 1. The smallest absolute Gasteiger partial charge is 0.312 e. The Morgan fingerprint density at radius 2 is 1.47 bits per heavy atom. The largest absolute Gasteiger partial charge is 0.507 e. The Morgan fingerprint density at radius 3 is 2.11 bits per heavy atom. The molecule has 0 fully saturated rings. The van der Waals surface area contributed by atoms with Crippen molar-refractivity contribution in [2.45, 2.75) is 137 Å². The highest BCUT2D eigenvalue weighted by Gasteiger charge is 2.50. The molecule has 1 amide bonds. The maximum absolute atomic E-state index is 14.5. The Labute approximate surface area is 410 Å². The van der Waals surface area contributed by atoms with E-state index < -0.39 is 88.8 Å². The molecule has 3 heterocycles. The Morgan fingerprint density at radius 1 is 0.829 bits per heavy atom. The molecule has 3 aliphatic heterocycles. The van der Waals surface area contributed by atoms with Crippen molar-refractivity contribution in [2.24, 2.45) is 28.8 Å². The van der Waals surface area contributed by atoms with Crippen LogP contribution >= 0.6 is 0 Å². The van der Waals surface area contributed by atoms with Crippen molar-refractivity contribution in [1.29, 1.82) is 0 Å². The number of phenols is 3. The van der Waals surface area contributed by atoms with Crippen LogP contribution in [0.3, 0.4) is 0 Å². The van der Waals surface area contributed by atoms with E-state index in [0.29, 0.717) is 13.0 Å². The maximum Gasteiger partial charge on any atom is 0.312 e. The molecule has 9 unspecified atom stereocenters. The van der Waals surface area contributed by atoms with Gasteiger partial charge in [-0.25, -0.2) is 0 Å². The third kappa shape index (κ3) is 13.0. The lowest BCUT2D eigenvalue weighted by atomic mass is 9.78. The number of esters is 1. The number of aromatic hydroxyl groups is 3. The lowest BCUT2D eigenvalue weighted by molar-refractivity contribution is -0.160. The Balaban J connectivity index is 1.43. The molecule has 0 saturated carbocycles. The molecule has 6 N–H and O–H groups in total. The minimum atomic E-state index is -2.07. The van der Waals surface area contributed by atoms with Crippen molar-refractivity contribution in [3.05, 3.63) is 83.2 Å². The van der Waals surface area contributed by atoms with Gasteiger partial charge >= 0.3 is 11.8 Å². The number of nitrogens with zero attached hydrogens (tertiary/aromatic N) is 1. The topological polar surface area (TPSA) is 232 Å². The molecule has 0 aromatic heterocycles. The van der Waals surface area contributed by atoms with Gasteiger partial charge in [0.15, 0.2) is 5.75 Å². The number of aliphatic hydroxyl groups excluding tert-OH is 2. The first-order valence-electron chi connectivity index (χ1n) is 24.3. The fraction of sp³-hybridized carbons (Fsp3) is 0.519. The highest BCUT2D eigenvalue weighted by atomic mass is 16.7. The Hall–Kier alpha value is -6.10. The summed E-state index contributed by atoms with van der Waals surface area (Å²) in [6.45, 7) is 13.4. The monoisotopic (exact) mass is 972 g/mol. The summed E-state index contributed by atoms with van der Waals surface area (Å²) in [5.41, 5.74) is -0.575. The van der Waals surface area contributed by atoms with Crippen LogP contribution < -0.4 is 14.8 Å². The normalized spacial score (nSPS) is 27.1. The zero-order chi connectivity index (χ0) is 51.3. The second-order valence-electron chi connectivity index (χ2n) is 18.7. The van der Waals surface area contributed by atoms with Crippen LogP contribution in [-0.2, 0) is 28.6 Å². The number of benzene rings is 3. The van der Waals surface area contributed by atoms with Gasteiger partial charge in [-0.15, -0.1) is 0 Å². The number of carbonyl (C=O) groups is 3. The van der Waals surface area contributed by atoms with Gasteiger partial charge in [-0.3, -0.25) is 14.4 Å². The minimum Gasteiger partial charge on any atom is -0.507 e. The molecule has 3 aliphatic rings. The Bertz CT molecular complexity index is 2410. The number of phenolic OH excluding ortho intramolecular Hbond substituents is 3. The second kappa shape index (κ2) is 25.1. The zero-order valence-corrected chi connectivity index (χ0v) is 41.9. The number of amides is 1. The molecule has 0 spiro atoms. The predicted molar refractivity (Wildman–Crippen MR) is 266 cm³/mol. The molecule has 70 heavy (non-hydrogen) atoms. The fourth-order valence-corrected chi connectivity index (χ4v) is 9.05. The number of fused-ring (bicyclic) bond motifs is 14. The average Bonchev–Trinajstić information content (AvgIpc) is 3.60. The van der Waals surface area contributed by atoms with Crippen molar-refractivity contribution in [2.75, 3.05) is 25.6 Å². The number of hydrogen-bond donors (Lipinski definition) is 6. The summed E-state index contributed by atoms with van der Waals surface area (Å²) >= 11 is 0. The molecule has 9 atom stereocenters. The van der Waals surface area contributed by atoms with Crippen LogP contribution in [0.5, 0.6) is 28.7 Å². The summed E-state index contributed by atoms with van der Waals surface area (Å²) in [5.74, 6) is -7.75. The van der Waals surface area contributed by atoms with Gasteiger partial charge in [0.2, 0.25) is 0 Å². The lowest BCUT2D eigenvalue weighted by Crippen LogP contribution is -2.46. The first-order chi connectivity index (χ1) is 33.3. The van der Waals surface area contributed by atoms with Crippen LogP contribution in [0.1, 0.15) is 121 Å². The third-order valence-corrected chi connectivity index (χ3v) is 13.4. The average molecular weight is 973 g/mol. The minimum absolute atomic E-state index is 0.0368. The van der Waals surface area contributed by atoms with E-state index in [1.807, 2.05) is 30.3 Å². The summed E-state index contributed by atoms with van der Waals surface area (Å²) in [5, 5.41) is 64.8. The molecule has 382 valence electrons. The van der Waals surface area contributed by atoms with E-state index in [-0.39, 0.29) is 51.1 Å². The van der Waals surface area contributed by atoms with Gasteiger partial charge in [-0.2, -0.15) is 0 Å². The molecule has 6 rings (SSSR count). The summed E-state index contributed by atoms with van der Waals surface area (Å²) in [6, 6.07) is 9.78. The third-order valence-electron chi connectivity index (χ3n) is 13.4. The standard InChI is InChI=1S/C54H72N2O14/c1-31-22-21-23-32(2)53(64)56-44-39(30-55-68-28-20-15-13-11-10-12-14-19-27-66-38-24-17-16-18-25-38)48(61)41-42(49(44)62)47(60)36(6)51-43(41)52(63)54(8,70-51)67-29-26-40(65-9)33(3)50(69-37(7)57)35(5)46(59)34(4)45(31)58/h16-18,21-26,29-31,33-35,40,45-46,50,58-62H,10-15,19-20,27-28H2,1-9H3,(H,56,64)/b22-21+,29-26+,32-23-,55-30+. The number of anilines is 1. The summed E-state index contributed by atoms with van der Waals surface area (Å²) in [6.07, 6.45) is 12.6. The maximum atomic E-state index is 14.5. The molecule has 16 nitrogen and oxygen atoms in total. The van der Waals surface area contributed by atoms with Crippen molar-refractivity contribution in [1.82, 2.24) is 0 Å². The van der Waals surface area contributed by atoms with Crippen molar-refractivity contribution < 1.29 is 68.4 Å². The fourth-order valence-electron chi connectivity index (χ4n) is 9.05. The van der Waals surface area contributed by atoms with Crippen LogP contribution in [0.4, 0.5) is 5.69 Å². The van der Waals surface area contributed by atoms with E-state index in [9.17, 15) is 39.9 Å². The molecular formula is C54H72N2O14. The molecule has 0 radical (unpaired) electrons. The predicted octanol–water partition coefficient (Wildman–Crippen LogP) is 9.30. The summed E-state index contributed by atoms with van der Waals surface area (Å²) in [4.78, 5) is 46.3. The first-order valence-corrected chi connectivity index (χ1v) is 24.3. The van der Waals surface area contributed by atoms with E-state index in [4.69, 9.17) is 28.5 Å². The number of allylic oxidation sites excluding steroid dienone is 2. The van der Waals surface area contributed by atoms with Crippen LogP contribution in [-0.4, -0.2) is 99.9 Å². The number of carbonyl (C=O) groups excluding carboxylic acids is 3. The van der Waals surface area contributed by atoms with Crippen LogP contribution in [0.15, 0.2) is 71.6 Å². The van der Waals surface area contributed by atoms with E-state index >= 15 is 0 Å². The van der Waals surface area contributed by atoms with Gasteiger partial charge in [-0.05, 0) is 51.3 Å². The Kier molecular flexibility index (Phi) is 19.7. The molecule has 0 saturated heterocycles. The van der Waals surface area contributed by atoms with Crippen LogP contribution in [0, 0.1) is 30.6 Å². The number of hydrogen-bond acceptors (Lipinski definition) is 15. The molecule has 5 bridgehead atoms. The van der Waals surface area contributed by atoms with Gasteiger partial charge < -0.3 is 59.4 Å². The van der Waals surface area contributed by atoms with Crippen LogP contribution in [0.2, 0.25) is 0 Å². The van der Waals surface area contributed by atoms with Gasteiger partial charge in [0.1, 0.15) is 35.7 Å². The summed E-state index contributed by atoms with van der Waals surface area (Å²) < 4.78 is 29.4. The van der Waals surface area contributed by atoms with Crippen LogP contribution in [0.25, 0.3) is 10.8 Å². The number of Topliss-reactive ketones (excluding diaryl/α,β-unsaturated/α-hetero) is 1. The number of aliphatic hydroxyl groups is 2. The van der Waals surface area contributed by atoms with Crippen molar-refractivity contribution in [3.8, 4) is 28.7 Å². The van der Waals surface area contributed by atoms with E-state index in [1.54, 1.807) is 39.8 Å². The van der Waals surface area contributed by atoms with Gasteiger partial charge in [0, 0.05) is 61.2 Å². The number of ether oxygens (including phenoxy) is 5. The highest BCUT2D eigenvalue weighted by Crippen LogP contribution is 2.55. The van der Waals surface area contributed by atoms with E-state index in [2.05, 4.69) is 10.5 Å². The molecule has 0 aliphatic carbocycles. The van der Waals surface area contributed by atoms with Gasteiger partial charge in [-0.1, -0.05) is 101 Å². The summed E-state index contributed by atoms with van der Waals surface area (Å²) in [7, 11) is 1.43. The van der Waals surface area contributed by atoms with Crippen molar-refractivity contribution in [3.63, 3.8) is 0 Å². The number of ketones is 1. The SMILES string of the molecule is COC1/C=C/OC2(C)Oc3c(C)c(O)c4c(O)c(c(/C=N/OCCCCCCCCCCOc5ccccc5)c(O)c4c3C2=O)NC(=O)/C(C)=C\C=C\C(C)C(O)C(C)C(O)C(C)C(OC(C)=O)C1C. The molecular weight excluding hydrogens is 901 g/mol. The van der Waals surface area contributed by atoms with Crippen molar-refractivity contribution >= 4 is 40.3 Å². The number of unbranched alkanes of at least 4 members (excludes halogenated alkanes) is 7. The molecule has 3 aromatic rings. The molecule has 3 aromatic carbocycles. The quantitative estimate of drug-likeness (QED) is 0.0196. The number of oxime groups is 1. The van der Waals surface area contributed by atoms with E-state index in [1.165, 1.54) is 53.2 Å². The molecule has 16 heteroatoms. The van der Waals surface area contributed by atoms with E-state index in [0.717, 1.165) is 56.9 Å². The van der Waals surface area contributed by atoms with Gasteiger partial charge in [0.05, 0.1) is 59.6 Å². The number of methoxy groups -OCH3 is 1. The first kappa shape index (κ1) is 54.8. The highest BCUT2D eigenvalue weighted by molar-refractivity contribution is 6.23.